The lowest BCUT2D eigenvalue weighted by atomic mass is 10.1. The average Bonchev–Trinajstić information content (AvgIpc) is 3.04. The SMILES string of the molecule is Cc1c([C@@H](C)NC(=O)Nc2nncn2C)oc2ccccc12. The zero-order chi connectivity index (χ0) is 15.7. The topological polar surface area (TPSA) is 85.0 Å². The van der Waals surface area contributed by atoms with Crippen LogP contribution in [0.4, 0.5) is 10.7 Å². The predicted octanol–water partition coefficient (Wildman–Crippen LogP) is 2.75. The van der Waals surface area contributed by atoms with Gasteiger partial charge in [-0.2, -0.15) is 0 Å². The van der Waals surface area contributed by atoms with Crippen molar-refractivity contribution in [1.29, 1.82) is 0 Å². The Morgan fingerprint density at radius 2 is 2.14 bits per heavy atom. The van der Waals surface area contributed by atoms with Gasteiger partial charge >= 0.3 is 6.03 Å². The van der Waals surface area contributed by atoms with Crippen LogP contribution in [0.15, 0.2) is 35.0 Å². The van der Waals surface area contributed by atoms with Crippen molar-refractivity contribution < 1.29 is 9.21 Å². The average molecular weight is 299 g/mol. The van der Waals surface area contributed by atoms with E-state index in [0.29, 0.717) is 5.95 Å². The Balaban J connectivity index is 1.75. The first-order valence-corrected chi connectivity index (χ1v) is 6.96. The van der Waals surface area contributed by atoms with Gasteiger partial charge in [0.25, 0.3) is 0 Å². The van der Waals surface area contributed by atoms with Crippen LogP contribution in [-0.2, 0) is 7.05 Å². The molecule has 0 aliphatic heterocycles. The van der Waals surface area contributed by atoms with Crippen molar-refractivity contribution in [1.82, 2.24) is 20.1 Å². The molecule has 0 radical (unpaired) electrons. The summed E-state index contributed by atoms with van der Waals surface area (Å²) in [5, 5.41) is 14.0. The van der Waals surface area contributed by atoms with Crippen LogP contribution in [0.3, 0.4) is 0 Å². The van der Waals surface area contributed by atoms with Crippen molar-refractivity contribution in [3.05, 3.63) is 41.9 Å². The highest BCUT2D eigenvalue weighted by Crippen LogP contribution is 2.29. The number of hydrogen-bond donors (Lipinski definition) is 2. The highest BCUT2D eigenvalue weighted by atomic mass is 16.3. The molecule has 0 aliphatic rings. The Kier molecular flexibility index (Phi) is 3.54. The maximum absolute atomic E-state index is 12.0. The molecule has 7 nitrogen and oxygen atoms in total. The smallest absolute Gasteiger partial charge is 0.322 e. The number of amides is 2. The van der Waals surface area contributed by atoms with Crippen molar-refractivity contribution in [3.8, 4) is 0 Å². The maximum Gasteiger partial charge on any atom is 0.322 e. The highest BCUT2D eigenvalue weighted by molar-refractivity contribution is 5.88. The molecule has 0 fully saturated rings. The van der Waals surface area contributed by atoms with E-state index in [9.17, 15) is 4.79 Å². The van der Waals surface area contributed by atoms with Gasteiger partial charge in [-0.3, -0.25) is 5.32 Å². The molecule has 7 heteroatoms. The van der Waals surface area contributed by atoms with Gasteiger partial charge in [0.05, 0.1) is 6.04 Å². The van der Waals surface area contributed by atoms with Crippen LogP contribution in [-0.4, -0.2) is 20.8 Å². The summed E-state index contributed by atoms with van der Waals surface area (Å²) in [6.45, 7) is 3.86. The number of nitrogens with one attached hydrogen (secondary N) is 2. The van der Waals surface area contributed by atoms with Crippen molar-refractivity contribution >= 4 is 22.9 Å². The molecule has 3 aromatic rings. The van der Waals surface area contributed by atoms with E-state index in [0.717, 1.165) is 22.3 Å². The minimum absolute atomic E-state index is 0.263. The summed E-state index contributed by atoms with van der Waals surface area (Å²) < 4.78 is 7.47. The van der Waals surface area contributed by atoms with Gasteiger partial charge in [-0.05, 0) is 19.9 Å². The summed E-state index contributed by atoms with van der Waals surface area (Å²) in [7, 11) is 1.75. The molecule has 2 aromatic heterocycles. The summed E-state index contributed by atoms with van der Waals surface area (Å²) in [6, 6.07) is 7.19. The van der Waals surface area contributed by atoms with Crippen LogP contribution in [0.2, 0.25) is 0 Å². The lowest BCUT2D eigenvalue weighted by molar-refractivity contribution is 0.247. The first kappa shape index (κ1) is 14.1. The predicted molar refractivity (Wildman–Crippen MR) is 82.5 cm³/mol. The summed E-state index contributed by atoms with van der Waals surface area (Å²) in [5.41, 5.74) is 1.85. The van der Waals surface area contributed by atoms with Crippen LogP contribution in [0.25, 0.3) is 11.0 Å². The van der Waals surface area contributed by atoms with Gasteiger partial charge in [-0.15, -0.1) is 10.2 Å². The molecule has 3 rings (SSSR count). The van der Waals surface area contributed by atoms with E-state index in [2.05, 4.69) is 20.8 Å². The monoisotopic (exact) mass is 299 g/mol. The summed E-state index contributed by atoms with van der Waals surface area (Å²) in [5.74, 6) is 1.13. The van der Waals surface area contributed by atoms with Gasteiger partial charge in [-0.25, -0.2) is 4.79 Å². The summed E-state index contributed by atoms with van der Waals surface area (Å²) >= 11 is 0. The normalized spacial score (nSPS) is 12.3. The van der Waals surface area contributed by atoms with Crippen LogP contribution >= 0.6 is 0 Å². The van der Waals surface area contributed by atoms with Crippen molar-refractivity contribution in [2.75, 3.05) is 5.32 Å². The van der Waals surface area contributed by atoms with E-state index in [-0.39, 0.29) is 12.1 Å². The molecule has 22 heavy (non-hydrogen) atoms. The quantitative estimate of drug-likeness (QED) is 0.778. The molecule has 1 aromatic carbocycles. The molecule has 0 bridgehead atoms. The molecule has 0 spiro atoms. The highest BCUT2D eigenvalue weighted by Gasteiger charge is 2.18. The Morgan fingerprint density at radius 1 is 1.36 bits per heavy atom. The van der Waals surface area contributed by atoms with Crippen molar-refractivity contribution in [2.24, 2.45) is 7.05 Å². The Bertz CT molecular complexity index is 820. The zero-order valence-corrected chi connectivity index (χ0v) is 12.6. The van der Waals surface area contributed by atoms with E-state index < -0.39 is 0 Å². The Hall–Kier alpha value is -2.83. The number of hydrogen-bond acceptors (Lipinski definition) is 4. The number of nitrogens with zero attached hydrogens (tertiary/aromatic N) is 3. The first-order valence-electron chi connectivity index (χ1n) is 6.96. The molecule has 0 unspecified atom stereocenters. The van der Waals surface area contributed by atoms with Gasteiger partial charge in [-0.1, -0.05) is 18.2 Å². The second-order valence-electron chi connectivity index (χ2n) is 5.17. The van der Waals surface area contributed by atoms with Crippen molar-refractivity contribution in [3.63, 3.8) is 0 Å². The van der Waals surface area contributed by atoms with Gasteiger partial charge in [0.15, 0.2) is 0 Å². The van der Waals surface area contributed by atoms with E-state index in [4.69, 9.17) is 4.42 Å². The number of benzene rings is 1. The standard InChI is InChI=1S/C15H17N5O2/c1-9-11-6-4-5-7-12(11)22-13(9)10(2)17-15(21)18-14-19-16-8-20(14)3/h4-8,10H,1-3H3,(H2,17,18,19,21)/t10-/m1/s1. The lowest BCUT2D eigenvalue weighted by Gasteiger charge is -2.13. The minimum atomic E-state index is -0.358. The number of carbonyl (C=O) groups excluding carboxylic acids is 1. The van der Waals surface area contributed by atoms with Crippen molar-refractivity contribution in [2.45, 2.75) is 19.9 Å². The second-order valence-corrected chi connectivity index (χ2v) is 5.17. The minimum Gasteiger partial charge on any atom is -0.459 e. The number of carbonyl (C=O) groups is 1. The van der Waals surface area contributed by atoms with Gasteiger partial charge in [0, 0.05) is 18.0 Å². The third-order valence-electron chi connectivity index (χ3n) is 3.56. The lowest BCUT2D eigenvalue weighted by Crippen LogP contribution is -2.32. The number of anilines is 1. The van der Waals surface area contributed by atoms with Crippen LogP contribution in [0.1, 0.15) is 24.3 Å². The number of aryl methyl sites for hydroxylation is 2. The number of fused-ring (bicyclic) bond motifs is 1. The zero-order valence-electron chi connectivity index (χ0n) is 12.6. The Morgan fingerprint density at radius 3 is 2.82 bits per heavy atom. The maximum atomic E-state index is 12.0. The third kappa shape index (κ3) is 2.52. The molecular weight excluding hydrogens is 282 g/mol. The summed E-state index contributed by atoms with van der Waals surface area (Å²) in [4.78, 5) is 12.0. The molecule has 2 N–H and O–H groups in total. The van der Waals surface area contributed by atoms with E-state index in [1.165, 1.54) is 6.33 Å². The number of aromatic nitrogens is 3. The van der Waals surface area contributed by atoms with Crippen LogP contribution in [0, 0.1) is 6.92 Å². The molecule has 2 amide bonds. The number of furan rings is 1. The molecule has 114 valence electrons. The molecule has 2 heterocycles. The molecule has 0 aliphatic carbocycles. The first-order chi connectivity index (χ1) is 10.6. The van der Waals surface area contributed by atoms with Gasteiger partial charge in [0.2, 0.25) is 5.95 Å². The fraction of sp³-hybridized carbons (Fsp3) is 0.267. The number of urea groups is 1. The van der Waals surface area contributed by atoms with E-state index >= 15 is 0 Å². The summed E-state index contributed by atoms with van der Waals surface area (Å²) in [6.07, 6.45) is 1.52. The van der Waals surface area contributed by atoms with Crippen LogP contribution in [0.5, 0.6) is 0 Å². The third-order valence-corrected chi connectivity index (χ3v) is 3.56. The number of rotatable bonds is 3. The second kappa shape index (κ2) is 5.51. The van der Waals surface area contributed by atoms with E-state index in [1.807, 2.05) is 38.1 Å². The fourth-order valence-electron chi connectivity index (χ4n) is 2.40. The molecule has 1 atom stereocenters. The van der Waals surface area contributed by atoms with Gasteiger partial charge in [0.1, 0.15) is 17.7 Å². The van der Waals surface area contributed by atoms with Crippen LogP contribution < -0.4 is 10.6 Å². The van der Waals surface area contributed by atoms with Gasteiger partial charge < -0.3 is 14.3 Å². The number of para-hydroxylation sites is 1. The Labute approximate surface area is 127 Å². The molecule has 0 saturated heterocycles. The largest absolute Gasteiger partial charge is 0.459 e. The van der Waals surface area contributed by atoms with E-state index in [1.54, 1.807) is 11.6 Å². The molecule has 0 saturated carbocycles. The fourth-order valence-corrected chi connectivity index (χ4v) is 2.40. The molecular formula is C15H17N5O2.